The maximum absolute atomic E-state index is 15.3. The van der Waals surface area contributed by atoms with Crippen LogP contribution in [-0.2, 0) is 19.9 Å². The number of rotatable bonds is 8. The lowest BCUT2D eigenvalue weighted by atomic mass is 9.83. The Labute approximate surface area is 263 Å². The Morgan fingerprint density at radius 3 is 2.26 bits per heavy atom. The first-order chi connectivity index (χ1) is 19.3. The number of halogens is 6. The van der Waals surface area contributed by atoms with Crippen LogP contribution in [0.15, 0.2) is 30.3 Å². The van der Waals surface area contributed by atoms with Gasteiger partial charge in [0.15, 0.2) is 0 Å². The van der Waals surface area contributed by atoms with Crippen LogP contribution >= 0.6 is 46.4 Å². The number of hydrogen-bond donors (Lipinski definition) is 2. The number of fused-ring (bicyclic) bond motifs is 1. The van der Waals surface area contributed by atoms with Crippen LogP contribution in [-0.4, -0.2) is 52.8 Å². The summed E-state index contributed by atoms with van der Waals surface area (Å²) in [6.45, 7) is 6.80. The molecule has 0 unspecified atom stereocenters. The van der Waals surface area contributed by atoms with E-state index in [-0.39, 0.29) is 33.3 Å². The van der Waals surface area contributed by atoms with Crippen molar-refractivity contribution in [3.05, 3.63) is 56.0 Å². The van der Waals surface area contributed by atoms with Gasteiger partial charge in [0.1, 0.15) is 5.54 Å². The van der Waals surface area contributed by atoms with E-state index < -0.39 is 60.6 Å². The SMILES string of the molecule is C[C@@H](C(=O)N(CCC(C)(C)C)c1cc(Cl)cc(Cl)c1)[C@H]1CC(F)(F)CN1[C@@]1(CC(=O)O)C(=O)Nc2c(Cl)cc(Cl)cc21. The van der Waals surface area contributed by atoms with E-state index in [1.54, 1.807) is 12.1 Å². The lowest BCUT2D eigenvalue weighted by Crippen LogP contribution is -2.57. The fourth-order valence-corrected chi connectivity index (χ4v) is 6.83. The zero-order valence-corrected chi connectivity index (χ0v) is 26.4. The highest BCUT2D eigenvalue weighted by atomic mass is 35.5. The van der Waals surface area contributed by atoms with Gasteiger partial charge in [-0.15, -0.1) is 0 Å². The standard InChI is InChI=1S/C29H31Cl4F2N3O4/c1-15(25(41)37(6-5-27(2,3)4)19-8-16(30)7-17(31)9-19)22-12-28(34,35)14-38(22)29(13-23(39)40)20-10-18(32)11-21(33)24(20)36-26(29)42/h7-11,15,22H,5-6,12-14H2,1-4H3,(H,36,42)(H,39,40)/t15-,22-,29-/m1/s1. The zero-order valence-electron chi connectivity index (χ0n) is 23.4. The Bertz CT molecular complexity index is 1410. The van der Waals surface area contributed by atoms with Crippen LogP contribution < -0.4 is 10.2 Å². The van der Waals surface area contributed by atoms with Crippen LogP contribution in [0, 0.1) is 11.3 Å². The highest BCUT2D eigenvalue weighted by molar-refractivity contribution is 6.38. The summed E-state index contributed by atoms with van der Waals surface area (Å²) >= 11 is 25.1. The number of alkyl halides is 2. The first kappa shape index (κ1) is 32.7. The molecule has 2 aliphatic heterocycles. The van der Waals surface area contributed by atoms with Crippen molar-refractivity contribution in [3.8, 4) is 0 Å². The fourth-order valence-electron chi connectivity index (χ4n) is 5.78. The number of hydrogen-bond acceptors (Lipinski definition) is 4. The van der Waals surface area contributed by atoms with Crippen molar-refractivity contribution >= 4 is 75.6 Å². The van der Waals surface area contributed by atoms with Crippen LogP contribution in [0.1, 0.15) is 52.5 Å². The smallest absolute Gasteiger partial charge is 0.306 e. The summed E-state index contributed by atoms with van der Waals surface area (Å²) in [5.41, 5.74) is -1.70. The van der Waals surface area contributed by atoms with Gasteiger partial charge in [0, 0.05) is 45.3 Å². The van der Waals surface area contributed by atoms with Gasteiger partial charge >= 0.3 is 5.97 Å². The predicted molar refractivity (Wildman–Crippen MR) is 161 cm³/mol. The highest BCUT2D eigenvalue weighted by Crippen LogP contribution is 2.52. The zero-order chi connectivity index (χ0) is 31.4. The number of nitrogens with zero attached hydrogens (tertiary/aromatic N) is 2. The first-order valence-electron chi connectivity index (χ1n) is 13.3. The van der Waals surface area contributed by atoms with Gasteiger partial charge in [-0.1, -0.05) is 74.1 Å². The number of carboxylic acid groups (broad SMARTS) is 1. The summed E-state index contributed by atoms with van der Waals surface area (Å²) in [5.74, 6) is -7.17. The van der Waals surface area contributed by atoms with E-state index in [2.05, 4.69) is 5.32 Å². The molecule has 0 aliphatic carbocycles. The van der Waals surface area contributed by atoms with Crippen LogP contribution in [0.25, 0.3) is 0 Å². The quantitative estimate of drug-likeness (QED) is 0.301. The van der Waals surface area contributed by atoms with Gasteiger partial charge in [-0.3, -0.25) is 19.3 Å². The molecule has 42 heavy (non-hydrogen) atoms. The molecule has 2 aromatic rings. The molecule has 13 heteroatoms. The van der Waals surface area contributed by atoms with Gasteiger partial charge in [-0.2, -0.15) is 0 Å². The van der Waals surface area contributed by atoms with Crippen molar-refractivity contribution in [1.29, 1.82) is 0 Å². The molecule has 0 bridgehead atoms. The number of likely N-dealkylation sites (tertiary alicyclic amines) is 1. The van der Waals surface area contributed by atoms with E-state index in [0.29, 0.717) is 22.2 Å². The molecule has 2 heterocycles. The van der Waals surface area contributed by atoms with E-state index >= 15 is 8.78 Å². The van der Waals surface area contributed by atoms with Crippen molar-refractivity contribution < 1.29 is 28.3 Å². The molecule has 4 rings (SSSR count). The third-order valence-electron chi connectivity index (χ3n) is 7.80. The summed E-state index contributed by atoms with van der Waals surface area (Å²) in [5, 5.41) is 13.2. The second kappa shape index (κ2) is 11.7. The summed E-state index contributed by atoms with van der Waals surface area (Å²) in [6, 6.07) is 6.14. The first-order valence-corrected chi connectivity index (χ1v) is 14.8. The molecule has 2 aliphatic rings. The lowest BCUT2D eigenvalue weighted by molar-refractivity contribution is -0.147. The monoisotopic (exact) mass is 663 g/mol. The topological polar surface area (TPSA) is 90.0 Å². The Kier molecular flexibility index (Phi) is 9.14. The third kappa shape index (κ3) is 6.50. The van der Waals surface area contributed by atoms with E-state index in [1.807, 2.05) is 20.8 Å². The Balaban J connectivity index is 1.82. The van der Waals surface area contributed by atoms with Crippen LogP contribution in [0.2, 0.25) is 20.1 Å². The van der Waals surface area contributed by atoms with Gasteiger partial charge in [0.25, 0.3) is 5.92 Å². The second-order valence-electron chi connectivity index (χ2n) is 12.2. The maximum atomic E-state index is 15.3. The summed E-state index contributed by atoms with van der Waals surface area (Å²) in [4.78, 5) is 42.7. The Hall–Kier alpha value is -2.17. The minimum atomic E-state index is -3.33. The largest absolute Gasteiger partial charge is 0.481 e. The molecule has 7 nitrogen and oxygen atoms in total. The summed E-state index contributed by atoms with van der Waals surface area (Å²) < 4.78 is 30.6. The second-order valence-corrected chi connectivity index (χ2v) is 13.9. The number of carbonyl (C=O) groups is 3. The van der Waals surface area contributed by atoms with Crippen LogP contribution in [0.5, 0.6) is 0 Å². The molecular formula is C29H31Cl4F2N3O4. The van der Waals surface area contributed by atoms with Crippen molar-refractivity contribution in [1.82, 2.24) is 4.90 Å². The average molecular weight is 665 g/mol. The van der Waals surface area contributed by atoms with Gasteiger partial charge in [-0.25, -0.2) is 8.78 Å². The molecule has 2 N–H and O–H groups in total. The number of amides is 2. The number of anilines is 2. The van der Waals surface area contributed by atoms with Gasteiger partial charge in [-0.05, 0) is 42.2 Å². The summed E-state index contributed by atoms with van der Waals surface area (Å²) in [6.07, 6.45) is -1.06. The predicted octanol–water partition coefficient (Wildman–Crippen LogP) is 7.74. The van der Waals surface area contributed by atoms with E-state index in [9.17, 15) is 19.5 Å². The lowest BCUT2D eigenvalue weighted by Gasteiger charge is -2.42. The minimum absolute atomic E-state index is 0.0379. The highest BCUT2D eigenvalue weighted by Gasteiger charge is 2.62. The molecule has 2 aromatic carbocycles. The Morgan fingerprint density at radius 2 is 1.69 bits per heavy atom. The normalized spacial score (nSPS) is 22.5. The van der Waals surface area contributed by atoms with E-state index in [4.69, 9.17) is 46.4 Å². The molecule has 228 valence electrons. The molecule has 3 atom stereocenters. The van der Waals surface area contributed by atoms with E-state index in [0.717, 1.165) is 4.90 Å². The van der Waals surface area contributed by atoms with Crippen LogP contribution in [0.4, 0.5) is 20.2 Å². The number of benzene rings is 2. The molecular weight excluding hydrogens is 634 g/mol. The van der Waals surface area contributed by atoms with Crippen molar-refractivity contribution in [3.63, 3.8) is 0 Å². The summed E-state index contributed by atoms with van der Waals surface area (Å²) in [7, 11) is 0. The Morgan fingerprint density at radius 1 is 1.10 bits per heavy atom. The number of nitrogens with one attached hydrogen (secondary N) is 1. The molecule has 2 amide bonds. The average Bonchev–Trinajstić information content (AvgIpc) is 3.31. The molecule has 0 radical (unpaired) electrons. The van der Waals surface area contributed by atoms with Crippen molar-refractivity contribution in [2.75, 3.05) is 23.3 Å². The molecule has 0 spiro atoms. The molecule has 0 aromatic heterocycles. The van der Waals surface area contributed by atoms with Crippen molar-refractivity contribution in [2.45, 2.75) is 64.5 Å². The van der Waals surface area contributed by atoms with Gasteiger partial charge in [0.2, 0.25) is 11.8 Å². The van der Waals surface area contributed by atoms with Crippen LogP contribution in [0.3, 0.4) is 0 Å². The van der Waals surface area contributed by atoms with E-state index in [1.165, 1.54) is 30.0 Å². The number of carboxylic acids is 1. The third-order valence-corrected chi connectivity index (χ3v) is 8.75. The van der Waals surface area contributed by atoms with Gasteiger partial charge in [0.05, 0.1) is 29.6 Å². The number of carbonyl (C=O) groups excluding carboxylic acids is 2. The number of aliphatic carboxylic acids is 1. The molecule has 1 fully saturated rings. The molecule has 1 saturated heterocycles. The van der Waals surface area contributed by atoms with Gasteiger partial charge < -0.3 is 15.3 Å². The van der Waals surface area contributed by atoms with Crippen molar-refractivity contribution in [2.24, 2.45) is 11.3 Å². The fraction of sp³-hybridized carbons (Fsp3) is 0.483. The minimum Gasteiger partial charge on any atom is -0.481 e. The molecule has 0 saturated carbocycles. The maximum Gasteiger partial charge on any atom is 0.306 e.